The van der Waals surface area contributed by atoms with E-state index in [0.717, 1.165) is 11.1 Å². The van der Waals surface area contributed by atoms with Crippen LogP contribution in [0.15, 0.2) is 12.1 Å². The number of hydrogen-bond acceptors (Lipinski definition) is 3. The van der Waals surface area contributed by atoms with Gasteiger partial charge in [-0.2, -0.15) is 5.26 Å². The molecule has 84 valence electrons. The predicted molar refractivity (Wildman–Crippen MR) is 61.7 cm³/mol. The Labute approximate surface area is 99.6 Å². The van der Waals surface area contributed by atoms with Crippen molar-refractivity contribution in [2.45, 2.75) is 20.3 Å². The van der Waals surface area contributed by atoms with Crippen molar-refractivity contribution in [3.8, 4) is 11.8 Å². The highest BCUT2D eigenvalue weighted by Gasteiger charge is 2.06. The molecule has 0 aliphatic heterocycles. The molecule has 0 unspecified atom stereocenters. The summed E-state index contributed by atoms with van der Waals surface area (Å²) in [6, 6.07) is 5.33. The van der Waals surface area contributed by atoms with Crippen LogP contribution in [0, 0.1) is 25.2 Å². The lowest BCUT2D eigenvalue weighted by Crippen LogP contribution is -2.10. The number of ether oxygens (including phenoxy) is 1. The average molecular weight is 238 g/mol. The summed E-state index contributed by atoms with van der Waals surface area (Å²) in [4.78, 5) is 11.1. The number of carbonyl (C=O) groups is 1. The number of carbonyl (C=O) groups excluding carboxylic acids is 1. The van der Waals surface area contributed by atoms with Gasteiger partial charge in [0, 0.05) is 5.02 Å². The third-order valence-electron chi connectivity index (χ3n) is 2.09. The largest absolute Gasteiger partial charge is 0.486 e. The molecule has 0 fully saturated rings. The number of rotatable bonds is 4. The standard InChI is InChI=1S/C12H12ClNO2/c1-8-5-11(6-9(2)12(8)13)16-7-10(15)3-4-14/h5-6H,3,7H2,1-2H3. The lowest BCUT2D eigenvalue weighted by Gasteiger charge is -2.08. The van der Waals surface area contributed by atoms with Crippen molar-refractivity contribution in [3.63, 3.8) is 0 Å². The van der Waals surface area contributed by atoms with Crippen LogP contribution in [0.5, 0.6) is 5.75 Å². The maximum atomic E-state index is 11.1. The Hall–Kier alpha value is -1.53. The number of halogens is 1. The smallest absolute Gasteiger partial charge is 0.184 e. The van der Waals surface area contributed by atoms with Gasteiger partial charge in [0.15, 0.2) is 5.78 Å². The van der Waals surface area contributed by atoms with Crippen molar-refractivity contribution >= 4 is 17.4 Å². The molecule has 0 aromatic heterocycles. The molecule has 0 saturated carbocycles. The third-order valence-corrected chi connectivity index (χ3v) is 2.68. The summed E-state index contributed by atoms with van der Waals surface area (Å²) in [7, 11) is 0. The van der Waals surface area contributed by atoms with Crippen molar-refractivity contribution < 1.29 is 9.53 Å². The van der Waals surface area contributed by atoms with Crippen molar-refractivity contribution in [1.82, 2.24) is 0 Å². The van der Waals surface area contributed by atoms with Crippen LogP contribution in [0.3, 0.4) is 0 Å². The Morgan fingerprint density at radius 1 is 1.44 bits per heavy atom. The van der Waals surface area contributed by atoms with Crippen molar-refractivity contribution in [2.75, 3.05) is 6.61 Å². The number of hydrogen-bond donors (Lipinski definition) is 0. The van der Waals surface area contributed by atoms with E-state index >= 15 is 0 Å². The lowest BCUT2D eigenvalue weighted by atomic mass is 10.1. The molecule has 0 N–H and O–H groups in total. The molecular formula is C12H12ClNO2. The first-order valence-electron chi connectivity index (χ1n) is 4.82. The molecule has 16 heavy (non-hydrogen) atoms. The SMILES string of the molecule is Cc1cc(OCC(=O)CC#N)cc(C)c1Cl. The van der Waals surface area contributed by atoms with Gasteiger partial charge in [-0.25, -0.2) is 0 Å². The van der Waals surface area contributed by atoms with E-state index in [9.17, 15) is 4.79 Å². The van der Waals surface area contributed by atoms with E-state index in [1.54, 1.807) is 18.2 Å². The molecule has 0 spiro atoms. The number of nitrogens with zero attached hydrogens (tertiary/aromatic N) is 1. The number of nitriles is 1. The van der Waals surface area contributed by atoms with E-state index in [1.807, 2.05) is 13.8 Å². The molecule has 0 saturated heterocycles. The van der Waals surface area contributed by atoms with Gasteiger partial charge < -0.3 is 4.74 Å². The van der Waals surface area contributed by atoms with Crippen LogP contribution in [0.2, 0.25) is 5.02 Å². The van der Waals surface area contributed by atoms with E-state index in [0.29, 0.717) is 10.8 Å². The number of Topliss-reactive ketones (excluding diaryl/α,β-unsaturated/α-hetero) is 1. The van der Waals surface area contributed by atoms with Crippen LogP contribution in [0.1, 0.15) is 17.5 Å². The highest BCUT2D eigenvalue weighted by atomic mass is 35.5. The van der Waals surface area contributed by atoms with Gasteiger partial charge in [0.2, 0.25) is 0 Å². The first kappa shape index (κ1) is 12.5. The number of ketones is 1. The first-order valence-corrected chi connectivity index (χ1v) is 5.20. The van der Waals surface area contributed by atoms with Gasteiger partial charge in [-0.3, -0.25) is 4.79 Å². The van der Waals surface area contributed by atoms with Crippen LogP contribution in [0.4, 0.5) is 0 Å². The van der Waals surface area contributed by atoms with E-state index in [2.05, 4.69) is 0 Å². The van der Waals surface area contributed by atoms with Crippen LogP contribution < -0.4 is 4.74 Å². The van der Waals surface area contributed by atoms with Crippen LogP contribution in [-0.4, -0.2) is 12.4 Å². The maximum Gasteiger partial charge on any atom is 0.184 e. The summed E-state index contributed by atoms with van der Waals surface area (Å²) in [6.07, 6.45) is -0.119. The van der Waals surface area contributed by atoms with E-state index in [4.69, 9.17) is 21.6 Å². The van der Waals surface area contributed by atoms with Crippen LogP contribution in [0.25, 0.3) is 0 Å². The normalized spacial score (nSPS) is 9.62. The van der Waals surface area contributed by atoms with Crippen molar-refractivity contribution in [2.24, 2.45) is 0 Å². The minimum Gasteiger partial charge on any atom is -0.486 e. The fourth-order valence-corrected chi connectivity index (χ4v) is 1.40. The van der Waals surface area contributed by atoms with Gasteiger partial charge in [0.25, 0.3) is 0 Å². The maximum absolute atomic E-state index is 11.1. The second kappa shape index (κ2) is 5.53. The summed E-state index contributed by atoms with van der Waals surface area (Å²) in [6.45, 7) is 3.67. The van der Waals surface area contributed by atoms with Gasteiger partial charge in [0.1, 0.15) is 12.4 Å². The van der Waals surface area contributed by atoms with Crippen molar-refractivity contribution in [3.05, 3.63) is 28.3 Å². The van der Waals surface area contributed by atoms with Gasteiger partial charge >= 0.3 is 0 Å². The number of benzene rings is 1. The predicted octanol–water partition coefficient (Wildman–Crippen LogP) is 2.82. The Bertz CT molecular complexity index is 426. The lowest BCUT2D eigenvalue weighted by molar-refractivity contribution is -0.120. The van der Waals surface area contributed by atoms with Crippen LogP contribution >= 0.6 is 11.6 Å². The molecule has 0 heterocycles. The van der Waals surface area contributed by atoms with E-state index in [-0.39, 0.29) is 18.8 Å². The van der Waals surface area contributed by atoms with Gasteiger partial charge in [-0.05, 0) is 37.1 Å². The molecule has 0 radical (unpaired) electrons. The fourth-order valence-electron chi connectivity index (χ4n) is 1.29. The summed E-state index contributed by atoms with van der Waals surface area (Å²) >= 11 is 6.00. The Morgan fingerprint density at radius 2 is 2.00 bits per heavy atom. The zero-order valence-corrected chi connectivity index (χ0v) is 9.97. The minimum absolute atomic E-state index is 0.0753. The fraction of sp³-hybridized carbons (Fsp3) is 0.333. The number of aryl methyl sites for hydroxylation is 2. The third kappa shape index (κ3) is 3.25. The zero-order chi connectivity index (χ0) is 12.1. The monoisotopic (exact) mass is 237 g/mol. The Balaban J connectivity index is 2.69. The molecular weight excluding hydrogens is 226 g/mol. The summed E-state index contributed by atoms with van der Waals surface area (Å²) in [5, 5.41) is 9.02. The molecule has 0 aliphatic carbocycles. The highest BCUT2D eigenvalue weighted by molar-refractivity contribution is 6.32. The second-order valence-electron chi connectivity index (χ2n) is 3.53. The van der Waals surface area contributed by atoms with E-state index < -0.39 is 0 Å². The van der Waals surface area contributed by atoms with Gasteiger partial charge in [-0.1, -0.05) is 11.6 Å². The van der Waals surface area contributed by atoms with Crippen LogP contribution in [-0.2, 0) is 4.79 Å². The summed E-state index contributed by atoms with van der Waals surface area (Å²) in [5.74, 6) is 0.374. The van der Waals surface area contributed by atoms with Gasteiger partial charge in [0.05, 0.1) is 12.5 Å². The minimum atomic E-state index is -0.229. The van der Waals surface area contributed by atoms with Gasteiger partial charge in [-0.15, -0.1) is 0 Å². The topological polar surface area (TPSA) is 50.1 Å². The average Bonchev–Trinajstić information content (AvgIpc) is 2.23. The summed E-state index contributed by atoms with van der Waals surface area (Å²) in [5.41, 5.74) is 1.81. The Kier molecular flexibility index (Phi) is 4.33. The first-order chi connectivity index (χ1) is 7.54. The molecule has 0 bridgehead atoms. The molecule has 0 amide bonds. The van der Waals surface area contributed by atoms with E-state index in [1.165, 1.54) is 0 Å². The second-order valence-corrected chi connectivity index (χ2v) is 3.91. The quantitative estimate of drug-likeness (QED) is 0.809. The molecule has 3 nitrogen and oxygen atoms in total. The molecule has 0 atom stereocenters. The molecule has 1 rings (SSSR count). The summed E-state index contributed by atoms with van der Waals surface area (Å²) < 4.78 is 5.28. The zero-order valence-electron chi connectivity index (χ0n) is 9.21. The molecule has 4 heteroatoms. The molecule has 0 aliphatic rings. The molecule has 1 aromatic rings. The Morgan fingerprint density at radius 3 is 2.50 bits per heavy atom. The highest BCUT2D eigenvalue weighted by Crippen LogP contribution is 2.25. The van der Waals surface area contributed by atoms with Crippen molar-refractivity contribution in [1.29, 1.82) is 5.26 Å². The molecule has 1 aromatic carbocycles.